The van der Waals surface area contributed by atoms with Crippen LogP contribution in [0.4, 0.5) is 4.79 Å². The number of hydrogen-bond acceptors (Lipinski definition) is 6. The number of azo groups is 1. The van der Waals surface area contributed by atoms with Crippen molar-refractivity contribution in [2.45, 2.75) is 6.42 Å². The fourth-order valence-corrected chi connectivity index (χ4v) is 2.45. The van der Waals surface area contributed by atoms with Gasteiger partial charge >= 0.3 is 6.03 Å². The standard InChI is InChI=1S/C20H19N5O3/c1-14-19(22-20(26)25-23-14)24-21-13-16-9-6-10-17(27-2)18(16)28-12-11-15-7-4-3-5-8-15/h3-10,13H,1,11-12H2,2H3,(H,22,24,26)/b21-13+. The zero-order valence-electron chi connectivity index (χ0n) is 15.3. The number of nitrogens with zero attached hydrogens (tertiary/aromatic N) is 4. The van der Waals surface area contributed by atoms with Crippen molar-refractivity contribution < 1.29 is 14.3 Å². The first-order valence-corrected chi connectivity index (χ1v) is 8.54. The van der Waals surface area contributed by atoms with Crippen LogP contribution < -0.4 is 14.8 Å². The second-order valence-electron chi connectivity index (χ2n) is 5.73. The van der Waals surface area contributed by atoms with E-state index in [1.165, 1.54) is 11.8 Å². The predicted octanol–water partition coefficient (Wildman–Crippen LogP) is 3.74. The first-order chi connectivity index (χ1) is 13.7. The summed E-state index contributed by atoms with van der Waals surface area (Å²) < 4.78 is 11.4. The van der Waals surface area contributed by atoms with Gasteiger partial charge in [0.1, 0.15) is 5.70 Å². The molecule has 2 amide bonds. The maximum absolute atomic E-state index is 11.2. The SMILES string of the molecule is C=C1N=NC(=O)N/C1=N/N=C/c1cccc(OC)c1OCCc1ccccc1. The molecule has 3 rings (SSSR count). The number of nitrogens with one attached hydrogen (secondary N) is 1. The van der Waals surface area contributed by atoms with Gasteiger partial charge in [-0.15, -0.1) is 10.2 Å². The third-order valence-electron chi connectivity index (χ3n) is 3.82. The topological polar surface area (TPSA) is 97.0 Å². The summed E-state index contributed by atoms with van der Waals surface area (Å²) in [5.74, 6) is 1.30. The van der Waals surface area contributed by atoms with Gasteiger partial charge in [-0.2, -0.15) is 5.10 Å². The molecule has 0 unspecified atom stereocenters. The fourth-order valence-electron chi connectivity index (χ4n) is 2.45. The average molecular weight is 377 g/mol. The molecule has 0 saturated carbocycles. The van der Waals surface area contributed by atoms with E-state index in [2.05, 4.69) is 32.3 Å². The van der Waals surface area contributed by atoms with Gasteiger partial charge in [0.15, 0.2) is 17.3 Å². The van der Waals surface area contributed by atoms with Crippen LogP contribution in [0.3, 0.4) is 0 Å². The first kappa shape index (κ1) is 19.0. The van der Waals surface area contributed by atoms with Crippen LogP contribution in [-0.4, -0.2) is 31.8 Å². The fraction of sp³-hybridized carbons (Fsp3) is 0.150. The summed E-state index contributed by atoms with van der Waals surface area (Å²) in [7, 11) is 1.58. The van der Waals surface area contributed by atoms with Crippen LogP contribution in [0.15, 0.2) is 81.2 Å². The summed E-state index contributed by atoms with van der Waals surface area (Å²) in [5.41, 5.74) is 2.09. The second kappa shape index (κ2) is 9.22. The molecule has 0 bridgehead atoms. The Hall–Kier alpha value is -3.81. The molecule has 8 nitrogen and oxygen atoms in total. The van der Waals surface area contributed by atoms with E-state index in [4.69, 9.17) is 9.47 Å². The maximum Gasteiger partial charge on any atom is 0.365 e. The molecule has 2 aromatic carbocycles. The van der Waals surface area contributed by atoms with Gasteiger partial charge in [-0.1, -0.05) is 48.1 Å². The lowest BCUT2D eigenvalue weighted by Gasteiger charge is -2.13. The van der Waals surface area contributed by atoms with Gasteiger partial charge in [-0.05, 0) is 17.7 Å². The Kier molecular flexibility index (Phi) is 6.25. The van der Waals surface area contributed by atoms with Crippen molar-refractivity contribution in [2.75, 3.05) is 13.7 Å². The van der Waals surface area contributed by atoms with Crippen molar-refractivity contribution in [1.29, 1.82) is 0 Å². The molecule has 8 heteroatoms. The third kappa shape index (κ3) is 4.88. The van der Waals surface area contributed by atoms with Gasteiger partial charge in [0.05, 0.1) is 19.9 Å². The van der Waals surface area contributed by atoms with Crippen LogP contribution in [0.5, 0.6) is 11.5 Å². The summed E-state index contributed by atoms with van der Waals surface area (Å²) in [6.07, 6.45) is 2.27. The minimum atomic E-state index is -0.618. The van der Waals surface area contributed by atoms with E-state index in [1.54, 1.807) is 7.11 Å². The Morgan fingerprint density at radius 2 is 1.96 bits per heavy atom. The van der Waals surface area contributed by atoms with Crippen molar-refractivity contribution in [3.8, 4) is 11.5 Å². The largest absolute Gasteiger partial charge is 0.493 e. The van der Waals surface area contributed by atoms with Gasteiger partial charge < -0.3 is 9.47 Å². The Bertz CT molecular complexity index is 952. The number of benzene rings is 2. The number of carbonyl (C=O) groups excluding carboxylic acids is 1. The van der Waals surface area contributed by atoms with Gasteiger partial charge in [0.25, 0.3) is 0 Å². The molecular formula is C20H19N5O3. The number of amides is 2. The highest BCUT2D eigenvalue weighted by molar-refractivity contribution is 6.08. The lowest BCUT2D eigenvalue weighted by molar-refractivity contribution is 0.251. The zero-order valence-corrected chi connectivity index (χ0v) is 15.3. The third-order valence-corrected chi connectivity index (χ3v) is 3.82. The molecule has 1 aliphatic heterocycles. The molecular weight excluding hydrogens is 358 g/mol. The molecule has 2 aromatic rings. The summed E-state index contributed by atoms with van der Waals surface area (Å²) in [6.45, 7) is 4.12. The second-order valence-corrected chi connectivity index (χ2v) is 5.73. The molecule has 0 saturated heterocycles. The van der Waals surface area contributed by atoms with E-state index in [-0.39, 0.29) is 11.5 Å². The van der Waals surface area contributed by atoms with Crippen LogP contribution in [0.25, 0.3) is 0 Å². The first-order valence-electron chi connectivity index (χ1n) is 8.54. The Morgan fingerprint density at radius 3 is 2.75 bits per heavy atom. The van der Waals surface area contributed by atoms with E-state index in [0.29, 0.717) is 23.7 Å². The van der Waals surface area contributed by atoms with Gasteiger partial charge in [0, 0.05) is 12.0 Å². The lowest BCUT2D eigenvalue weighted by atomic mass is 10.1. The molecule has 1 aliphatic rings. The highest BCUT2D eigenvalue weighted by Gasteiger charge is 2.14. The molecule has 142 valence electrons. The number of ether oxygens (including phenoxy) is 2. The van der Waals surface area contributed by atoms with E-state index in [9.17, 15) is 4.79 Å². The molecule has 28 heavy (non-hydrogen) atoms. The molecule has 0 aromatic heterocycles. The summed E-state index contributed by atoms with van der Waals surface area (Å²) in [4.78, 5) is 11.2. The number of rotatable bonds is 7. The molecule has 0 radical (unpaired) electrons. The molecule has 0 aliphatic carbocycles. The highest BCUT2D eigenvalue weighted by atomic mass is 16.5. The molecule has 0 fully saturated rings. The number of carbonyl (C=O) groups is 1. The van der Waals surface area contributed by atoms with Crippen LogP contribution in [0, 0.1) is 0 Å². The molecule has 1 N–H and O–H groups in total. The van der Waals surface area contributed by atoms with Crippen molar-refractivity contribution in [3.63, 3.8) is 0 Å². The minimum absolute atomic E-state index is 0.144. The van der Waals surface area contributed by atoms with Gasteiger partial charge in [-0.25, -0.2) is 4.79 Å². The summed E-state index contributed by atoms with van der Waals surface area (Å²) in [6, 6.07) is 14.9. The molecule has 0 atom stereocenters. The van der Waals surface area contributed by atoms with Crippen LogP contribution in [0.2, 0.25) is 0 Å². The summed E-state index contributed by atoms with van der Waals surface area (Å²) >= 11 is 0. The zero-order chi connectivity index (χ0) is 19.8. The number of amidine groups is 1. The van der Waals surface area contributed by atoms with Crippen molar-refractivity contribution >= 4 is 18.1 Å². The van der Waals surface area contributed by atoms with Crippen LogP contribution in [-0.2, 0) is 6.42 Å². The molecule has 1 heterocycles. The van der Waals surface area contributed by atoms with Crippen molar-refractivity contribution in [2.24, 2.45) is 20.4 Å². The number of para-hydroxylation sites is 1. The van der Waals surface area contributed by atoms with E-state index in [1.807, 2.05) is 48.5 Å². The molecule has 0 spiro atoms. The lowest BCUT2D eigenvalue weighted by Crippen LogP contribution is -2.31. The quantitative estimate of drug-likeness (QED) is 0.588. The number of hydrogen-bond donors (Lipinski definition) is 1. The van der Waals surface area contributed by atoms with Crippen LogP contribution in [0.1, 0.15) is 11.1 Å². The Morgan fingerprint density at radius 1 is 1.14 bits per heavy atom. The average Bonchev–Trinajstić information content (AvgIpc) is 2.72. The Labute approximate surface area is 162 Å². The van der Waals surface area contributed by atoms with Crippen molar-refractivity contribution in [1.82, 2.24) is 5.32 Å². The monoisotopic (exact) mass is 377 g/mol. The summed E-state index contributed by atoms with van der Waals surface area (Å²) in [5, 5.41) is 17.3. The predicted molar refractivity (Wildman–Crippen MR) is 106 cm³/mol. The van der Waals surface area contributed by atoms with Gasteiger partial charge in [0.2, 0.25) is 0 Å². The van der Waals surface area contributed by atoms with Gasteiger partial charge in [-0.3, -0.25) is 5.32 Å². The maximum atomic E-state index is 11.2. The van der Waals surface area contributed by atoms with Crippen LogP contribution >= 0.6 is 0 Å². The highest BCUT2D eigenvalue weighted by Crippen LogP contribution is 2.30. The Balaban J connectivity index is 1.74. The smallest absolute Gasteiger partial charge is 0.365 e. The van der Waals surface area contributed by atoms with E-state index < -0.39 is 6.03 Å². The van der Waals surface area contributed by atoms with Crippen molar-refractivity contribution in [3.05, 3.63) is 71.9 Å². The van der Waals surface area contributed by atoms with E-state index >= 15 is 0 Å². The minimum Gasteiger partial charge on any atom is -0.493 e. The number of urea groups is 1. The normalized spacial score (nSPS) is 15.1. The van der Waals surface area contributed by atoms with E-state index in [0.717, 1.165) is 6.42 Å². The number of methoxy groups -OCH3 is 1.